The smallest absolute Gasteiger partial charge is 0.335 e. The van der Waals surface area contributed by atoms with E-state index < -0.39 is 12.0 Å². The Labute approximate surface area is 109 Å². The van der Waals surface area contributed by atoms with Crippen LogP contribution in [0.5, 0.6) is 0 Å². The molecular formula is C12H13ClN2O3. The molecule has 0 atom stereocenters. The lowest BCUT2D eigenvalue weighted by atomic mass is 10.2. The van der Waals surface area contributed by atoms with E-state index in [1.807, 2.05) is 0 Å². The molecule has 0 fully saturated rings. The van der Waals surface area contributed by atoms with E-state index in [-0.39, 0.29) is 10.6 Å². The minimum Gasteiger partial charge on any atom is -0.478 e. The quantitative estimate of drug-likeness (QED) is 0.567. The maximum absolute atomic E-state index is 11.4. The largest absolute Gasteiger partial charge is 0.478 e. The van der Waals surface area contributed by atoms with E-state index in [9.17, 15) is 9.59 Å². The van der Waals surface area contributed by atoms with Crippen molar-refractivity contribution < 1.29 is 14.7 Å². The van der Waals surface area contributed by atoms with Crippen LogP contribution >= 0.6 is 11.6 Å². The van der Waals surface area contributed by atoms with E-state index >= 15 is 0 Å². The summed E-state index contributed by atoms with van der Waals surface area (Å²) in [6.45, 7) is 3.99. The van der Waals surface area contributed by atoms with Crippen molar-refractivity contribution >= 4 is 29.3 Å². The topological polar surface area (TPSA) is 78.4 Å². The fourth-order valence-electron chi connectivity index (χ4n) is 1.25. The SMILES string of the molecule is C=CCCNC(=O)Nc1cc(Cl)cc(C(=O)O)c1. The molecule has 0 saturated carbocycles. The Kier molecular flexibility index (Phi) is 5.20. The number of halogens is 1. The van der Waals surface area contributed by atoms with Gasteiger partial charge in [-0.15, -0.1) is 6.58 Å². The first-order valence-electron chi connectivity index (χ1n) is 5.22. The first kappa shape index (κ1) is 14.1. The van der Waals surface area contributed by atoms with Gasteiger partial charge in [-0.2, -0.15) is 0 Å². The zero-order valence-corrected chi connectivity index (χ0v) is 10.3. The summed E-state index contributed by atoms with van der Waals surface area (Å²) in [5, 5.41) is 14.2. The van der Waals surface area contributed by atoms with Gasteiger partial charge in [0, 0.05) is 17.3 Å². The summed E-state index contributed by atoms with van der Waals surface area (Å²) in [6, 6.07) is 3.70. The first-order chi connectivity index (χ1) is 8.52. The summed E-state index contributed by atoms with van der Waals surface area (Å²) in [7, 11) is 0. The number of carboxylic acids is 1. The summed E-state index contributed by atoms with van der Waals surface area (Å²) in [5.74, 6) is -1.10. The van der Waals surface area contributed by atoms with Gasteiger partial charge < -0.3 is 15.7 Å². The Morgan fingerprint density at radius 3 is 2.72 bits per heavy atom. The van der Waals surface area contributed by atoms with Gasteiger partial charge in [-0.05, 0) is 24.6 Å². The summed E-state index contributed by atoms with van der Waals surface area (Å²) in [4.78, 5) is 22.2. The average molecular weight is 269 g/mol. The van der Waals surface area contributed by atoms with Crippen LogP contribution in [-0.4, -0.2) is 23.7 Å². The Morgan fingerprint density at radius 1 is 1.39 bits per heavy atom. The number of nitrogens with one attached hydrogen (secondary N) is 2. The maximum atomic E-state index is 11.4. The Morgan fingerprint density at radius 2 is 2.11 bits per heavy atom. The summed E-state index contributed by atoms with van der Waals surface area (Å²) in [5.41, 5.74) is 0.347. The van der Waals surface area contributed by atoms with Crippen molar-refractivity contribution in [2.24, 2.45) is 0 Å². The molecule has 5 nitrogen and oxygen atoms in total. The molecule has 1 aromatic rings. The van der Waals surface area contributed by atoms with E-state index in [2.05, 4.69) is 17.2 Å². The number of carbonyl (C=O) groups is 2. The summed E-state index contributed by atoms with van der Waals surface area (Å²) >= 11 is 5.76. The molecule has 0 aliphatic rings. The number of benzene rings is 1. The van der Waals surface area contributed by atoms with Gasteiger partial charge in [-0.3, -0.25) is 0 Å². The third kappa shape index (κ3) is 4.47. The van der Waals surface area contributed by atoms with Crippen molar-refractivity contribution in [2.75, 3.05) is 11.9 Å². The average Bonchev–Trinajstić information content (AvgIpc) is 2.28. The number of anilines is 1. The van der Waals surface area contributed by atoms with Gasteiger partial charge in [0.05, 0.1) is 5.56 Å². The van der Waals surface area contributed by atoms with Crippen LogP contribution in [0.4, 0.5) is 10.5 Å². The van der Waals surface area contributed by atoms with Crippen LogP contribution in [-0.2, 0) is 0 Å². The van der Waals surface area contributed by atoms with Crippen LogP contribution in [0.25, 0.3) is 0 Å². The van der Waals surface area contributed by atoms with E-state index in [1.54, 1.807) is 6.08 Å². The van der Waals surface area contributed by atoms with Crippen LogP contribution in [0.15, 0.2) is 30.9 Å². The summed E-state index contributed by atoms with van der Waals surface area (Å²) < 4.78 is 0. The molecule has 96 valence electrons. The second kappa shape index (κ2) is 6.66. The van der Waals surface area contributed by atoms with Gasteiger partial charge in [0.15, 0.2) is 0 Å². The Balaban J connectivity index is 2.69. The molecule has 0 bridgehead atoms. The van der Waals surface area contributed by atoms with Crippen molar-refractivity contribution in [3.63, 3.8) is 0 Å². The third-order valence-corrected chi connectivity index (χ3v) is 2.25. The van der Waals surface area contributed by atoms with Gasteiger partial charge in [0.1, 0.15) is 0 Å². The highest BCUT2D eigenvalue weighted by atomic mass is 35.5. The van der Waals surface area contributed by atoms with Crippen molar-refractivity contribution in [3.8, 4) is 0 Å². The maximum Gasteiger partial charge on any atom is 0.335 e. The van der Waals surface area contributed by atoms with Crippen LogP contribution in [0.1, 0.15) is 16.8 Å². The van der Waals surface area contributed by atoms with Crippen molar-refractivity contribution in [2.45, 2.75) is 6.42 Å². The molecular weight excluding hydrogens is 256 g/mol. The molecule has 1 aromatic carbocycles. The zero-order valence-electron chi connectivity index (χ0n) is 9.57. The van der Waals surface area contributed by atoms with Crippen LogP contribution in [0.3, 0.4) is 0 Å². The lowest BCUT2D eigenvalue weighted by molar-refractivity contribution is 0.0697. The fourth-order valence-corrected chi connectivity index (χ4v) is 1.48. The number of urea groups is 1. The minimum absolute atomic E-state index is 0.0175. The lowest BCUT2D eigenvalue weighted by Gasteiger charge is -2.08. The third-order valence-electron chi connectivity index (χ3n) is 2.04. The molecule has 2 amide bonds. The van der Waals surface area contributed by atoms with Crippen LogP contribution < -0.4 is 10.6 Å². The second-order valence-electron chi connectivity index (χ2n) is 3.49. The molecule has 18 heavy (non-hydrogen) atoms. The number of rotatable bonds is 5. The van der Waals surface area contributed by atoms with Crippen LogP contribution in [0, 0.1) is 0 Å². The minimum atomic E-state index is -1.10. The highest BCUT2D eigenvalue weighted by molar-refractivity contribution is 6.31. The van der Waals surface area contributed by atoms with Crippen molar-refractivity contribution in [1.82, 2.24) is 5.32 Å². The van der Waals surface area contributed by atoms with E-state index in [0.29, 0.717) is 18.7 Å². The lowest BCUT2D eigenvalue weighted by Crippen LogP contribution is -2.29. The molecule has 0 saturated heterocycles. The standard InChI is InChI=1S/C12H13ClN2O3/c1-2-3-4-14-12(18)15-10-6-8(11(16)17)5-9(13)7-10/h2,5-7H,1,3-4H2,(H,16,17)(H2,14,15,18). The van der Waals surface area contributed by atoms with Crippen molar-refractivity contribution in [1.29, 1.82) is 0 Å². The Bertz CT molecular complexity index is 474. The van der Waals surface area contributed by atoms with Gasteiger partial charge in [-0.1, -0.05) is 17.7 Å². The molecule has 0 spiro atoms. The number of amides is 2. The predicted molar refractivity (Wildman–Crippen MR) is 70.2 cm³/mol. The number of carboxylic acid groups (broad SMARTS) is 1. The molecule has 0 aliphatic carbocycles. The number of aromatic carboxylic acids is 1. The van der Waals surface area contributed by atoms with E-state index in [1.165, 1.54) is 18.2 Å². The van der Waals surface area contributed by atoms with Gasteiger partial charge >= 0.3 is 12.0 Å². The normalized spacial score (nSPS) is 9.61. The molecule has 0 aromatic heterocycles. The summed E-state index contributed by atoms with van der Waals surface area (Å²) in [6.07, 6.45) is 2.34. The highest BCUT2D eigenvalue weighted by Crippen LogP contribution is 2.19. The van der Waals surface area contributed by atoms with E-state index in [4.69, 9.17) is 16.7 Å². The number of hydrogen-bond acceptors (Lipinski definition) is 2. The number of hydrogen-bond donors (Lipinski definition) is 3. The molecule has 0 aliphatic heterocycles. The second-order valence-corrected chi connectivity index (χ2v) is 3.93. The van der Waals surface area contributed by atoms with Gasteiger partial charge in [0.2, 0.25) is 0 Å². The fraction of sp³-hybridized carbons (Fsp3) is 0.167. The Hall–Kier alpha value is -2.01. The molecule has 3 N–H and O–H groups in total. The number of carbonyl (C=O) groups excluding carboxylic acids is 1. The first-order valence-corrected chi connectivity index (χ1v) is 5.60. The monoisotopic (exact) mass is 268 g/mol. The highest BCUT2D eigenvalue weighted by Gasteiger charge is 2.08. The van der Waals surface area contributed by atoms with Crippen LogP contribution in [0.2, 0.25) is 5.02 Å². The van der Waals surface area contributed by atoms with Crippen molar-refractivity contribution in [3.05, 3.63) is 41.4 Å². The zero-order chi connectivity index (χ0) is 13.5. The molecule has 0 unspecified atom stereocenters. The van der Waals surface area contributed by atoms with Gasteiger partial charge in [0.25, 0.3) is 0 Å². The van der Waals surface area contributed by atoms with E-state index in [0.717, 1.165) is 0 Å². The van der Waals surface area contributed by atoms with Gasteiger partial charge in [-0.25, -0.2) is 9.59 Å². The molecule has 0 radical (unpaired) electrons. The molecule has 6 heteroatoms. The molecule has 1 rings (SSSR count). The molecule has 0 heterocycles. The predicted octanol–water partition coefficient (Wildman–Crippen LogP) is 2.74.